The van der Waals surface area contributed by atoms with E-state index in [0.29, 0.717) is 18.5 Å². The summed E-state index contributed by atoms with van der Waals surface area (Å²) in [6.07, 6.45) is 11.6. The lowest BCUT2D eigenvalue weighted by atomic mass is 9.77. The molecule has 0 amide bonds. The average molecular weight is 424 g/mol. The van der Waals surface area contributed by atoms with Crippen LogP contribution >= 0.6 is 0 Å². The summed E-state index contributed by atoms with van der Waals surface area (Å²) in [6.45, 7) is 5.15. The van der Waals surface area contributed by atoms with Gasteiger partial charge < -0.3 is 25.0 Å². The fourth-order valence-electron chi connectivity index (χ4n) is 5.86. The van der Waals surface area contributed by atoms with Crippen molar-refractivity contribution in [2.45, 2.75) is 108 Å². The molecule has 0 spiro atoms. The Kier molecular flexibility index (Phi) is 9.11. The Balaban J connectivity index is 1.35. The summed E-state index contributed by atoms with van der Waals surface area (Å²) in [4.78, 5) is 19.0. The zero-order valence-corrected chi connectivity index (χ0v) is 18.5. The van der Waals surface area contributed by atoms with E-state index in [1.165, 1.54) is 37.0 Å². The minimum absolute atomic E-state index is 0.221. The van der Waals surface area contributed by atoms with Gasteiger partial charge in [-0.15, -0.1) is 0 Å². The quantitative estimate of drug-likeness (QED) is 0.398. The molecule has 3 aliphatic heterocycles. The molecule has 0 aromatic rings. The van der Waals surface area contributed by atoms with Gasteiger partial charge in [0.2, 0.25) is 0 Å². The van der Waals surface area contributed by atoms with Crippen LogP contribution in [-0.2, 0) is 4.79 Å². The molecule has 7 heteroatoms. The molecular weight excluding hydrogens is 382 g/mol. The summed E-state index contributed by atoms with van der Waals surface area (Å²) in [5, 5.41) is 30.6. The highest BCUT2D eigenvalue weighted by Gasteiger charge is 2.47. The number of rotatable bonds is 11. The van der Waals surface area contributed by atoms with E-state index in [1.807, 2.05) is 6.21 Å². The van der Waals surface area contributed by atoms with Gasteiger partial charge in [-0.3, -0.25) is 4.90 Å². The molecule has 0 radical (unpaired) electrons. The van der Waals surface area contributed by atoms with E-state index in [-0.39, 0.29) is 18.6 Å². The monoisotopic (exact) mass is 423 g/mol. The maximum Gasteiger partial charge on any atom is 0.171 e. The predicted molar refractivity (Wildman–Crippen MR) is 114 cm³/mol. The number of carboxylic acids is 1. The topological polar surface area (TPSA) is 101 Å². The van der Waals surface area contributed by atoms with E-state index in [9.17, 15) is 20.1 Å². The molecule has 30 heavy (non-hydrogen) atoms. The third kappa shape index (κ3) is 6.49. The van der Waals surface area contributed by atoms with Crippen molar-refractivity contribution in [2.75, 3.05) is 19.8 Å². The van der Waals surface area contributed by atoms with Gasteiger partial charge in [0.05, 0.1) is 24.5 Å². The van der Waals surface area contributed by atoms with E-state index in [2.05, 4.69) is 16.8 Å². The first-order valence-electron chi connectivity index (χ1n) is 12.1. The van der Waals surface area contributed by atoms with Crippen LogP contribution in [0.25, 0.3) is 0 Å². The lowest BCUT2D eigenvalue weighted by Gasteiger charge is -2.52. The molecule has 0 bridgehead atoms. The molecule has 7 unspecified atom stereocenters. The van der Waals surface area contributed by atoms with Crippen molar-refractivity contribution >= 4 is 12.2 Å². The molecule has 3 N–H and O–H groups in total. The fraction of sp³-hybridized carbons (Fsp3) is 0.913. The average Bonchev–Trinajstić information content (AvgIpc) is 3.24. The zero-order valence-electron chi connectivity index (χ0n) is 18.5. The highest BCUT2D eigenvalue weighted by atomic mass is 16.4. The molecule has 2 saturated heterocycles. The Hall–Kier alpha value is -1.02. The second-order valence-electron chi connectivity index (χ2n) is 9.81. The normalized spacial score (nSPS) is 35.3. The Morgan fingerprint density at radius 2 is 2.03 bits per heavy atom. The van der Waals surface area contributed by atoms with Gasteiger partial charge in [0.25, 0.3) is 0 Å². The molecule has 172 valence electrons. The van der Waals surface area contributed by atoms with Crippen LogP contribution in [-0.4, -0.2) is 77.4 Å². The van der Waals surface area contributed by atoms with Gasteiger partial charge in [0.1, 0.15) is 12.6 Å². The first-order valence-corrected chi connectivity index (χ1v) is 12.1. The SMILES string of the molecule is CC1C(O)CC([NH+]2CC=NC2)C2CC(CCCCCCCC(O)CC(=O)[O-])CCN12. The number of carbonyl (C=O) groups is 1. The lowest BCUT2D eigenvalue weighted by Crippen LogP contribution is -3.16. The molecule has 0 aromatic carbocycles. The molecular formula is C23H41N3O4. The number of carbonyl (C=O) groups excluding carboxylic acids is 1. The van der Waals surface area contributed by atoms with Gasteiger partial charge in [-0.2, -0.15) is 0 Å². The maximum atomic E-state index is 10.6. The first kappa shape index (κ1) is 23.6. The number of aliphatic hydroxyl groups excluding tert-OH is 2. The van der Waals surface area contributed by atoms with Gasteiger partial charge in [0.15, 0.2) is 6.67 Å². The third-order valence-corrected chi connectivity index (χ3v) is 7.69. The second-order valence-corrected chi connectivity index (χ2v) is 9.81. The molecule has 0 saturated carbocycles. The summed E-state index contributed by atoms with van der Waals surface area (Å²) in [5.74, 6) is -0.388. The van der Waals surface area contributed by atoms with Gasteiger partial charge in [-0.1, -0.05) is 38.5 Å². The highest BCUT2D eigenvalue weighted by Crippen LogP contribution is 2.34. The first-order chi connectivity index (χ1) is 14.5. The van der Waals surface area contributed by atoms with Crippen LogP contribution in [0.4, 0.5) is 0 Å². The summed E-state index contributed by atoms with van der Waals surface area (Å²) in [7, 11) is 0. The number of hydrogen-bond acceptors (Lipinski definition) is 6. The van der Waals surface area contributed by atoms with Crippen LogP contribution in [0.3, 0.4) is 0 Å². The number of carboxylic acid groups (broad SMARTS) is 1. The van der Waals surface area contributed by atoms with Crippen LogP contribution in [0.1, 0.15) is 77.6 Å². The molecule has 7 atom stereocenters. The number of hydrogen-bond donors (Lipinski definition) is 3. The van der Waals surface area contributed by atoms with Crippen LogP contribution in [0.15, 0.2) is 4.99 Å². The van der Waals surface area contributed by atoms with Crippen molar-refractivity contribution in [2.24, 2.45) is 10.9 Å². The Morgan fingerprint density at radius 3 is 2.77 bits per heavy atom. The Bertz CT molecular complexity index is 565. The third-order valence-electron chi connectivity index (χ3n) is 7.69. The number of nitrogens with one attached hydrogen (secondary N) is 1. The molecule has 3 heterocycles. The number of unbranched alkanes of at least 4 members (excludes halogenated alkanes) is 4. The minimum Gasteiger partial charge on any atom is -0.550 e. The molecule has 3 rings (SSSR count). The van der Waals surface area contributed by atoms with Gasteiger partial charge >= 0.3 is 0 Å². The van der Waals surface area contributed by atoms with E-state index >= 15 is 0 Å². The largest absolute Gasteiger partial charge is 0.550 e. The van der Waals surface area contributed by atoms with Crippen molar-refractivity contribution < 1.29 is 25.0 Å². The summed E-state index contributed by atoms with van der Waals surface area (Å²) >= 11 is 0. The summed E-state index contributed by atoms with van der Waals surface area (Å²) < 4.78 is 0. The number of aliphatic carboxylic acids is 1. The summed E-state index contributed by atoms with van der Waals surface area (Å²) in [5.41, 5.74) is 0. The molecule has 3 aliphatic rings. The van der Waals surface area contributed by atoms with E-state index < -0.39 is 12.1 Å². The van der Waals surface area contributed by atoms with Crippen LogP contribution in [0.2, 0.25) is 0 Å². The minimum atomic E-state index is -1.17. The second kappa shape index (κ2) is 11.6. The molecule has 7 nitrogen and oxygen atoms in total. The van der Waals surface area contributed by atoms with Gasteiger partial charge in [-0.05, 0) is 38.6 Å². The summed E-state index contributed by atoms with van der Waals surface area (Å²) in [6, 6.07) is 1.33. The fourth-order valence-corrected chi connectivity index (χ4v) is 5.86. The highest BCUT2D eigenvalue weighted by molar-refractivity contribution is 5.64. The van der Waals surface area contributed by atoms with Crippen molar-refractivity contribution in [1.29, 1.82) is 0 Å². The number of aliphatic hydroxyl groups is 2. The zero-order chi connectivity index (χ0) is 21.5. The van der Waals surface area contributed by atoms with Crippen molar-refractivity contribution in [3.05, 3.63) is 0 Å². The van der Waals surface area contributed by atoms with E-state index in [4.69, 9.17) is 0 Å². The van der Waals surface area contributed by atoms with E-state index in [1.54, 1.807) is 0 Å². The number of quaternary nitrogens is 1. The number of aliphatic imine (C=N–C) groups is 1. The van der Waals surface area contributed by atoms with Gasteiger partial charge in [-0.25, -0.2) is 4.99 Å². The van der Waals surface area contributed by atoms with Crippen LogP contribution in [0, 0.1) is 5.92 Å². The van der Waals surface area contributed by atoms with Crippen molar-refractivity contribution in [3.8, 4) is 0 Å². The maximum absolute atomic E-state index is 10.6. The van der Waals surface area contributed by atoms with Crippen LogP contribution < -0.4 is 10.0 Å². The van der Waals surface area contributed by atoms with Gasteiger partial charge in [0, 0.05) is 24.9 Å². The smallest absolute Gasteiger partial charge is 0.171 e. The molecule has 0 aromatic heterocycles. The molecule has 2 fully saturated rings. The predicted octanol–water partition coefficient (Wildman–Crippen LogP) is -0.253. The number of fused-ring (bicyclic) bond motifs is 1. The number of nitrogens with zero attached hydrogens (tertiary/aromatic N) is 2. The molecule has 0 aliphatic carbocycles. The van der Waals surface area contributed by atoms with E-state index in [0.717, 1.165) is 51.4 Å². The van der Waals surface area contributed by atoms with Crippen molar-refractivity contribution in [3.63, 3.8) is 0 Å². The van der Waals surface area contributed by atoms with Crippen molar-refractivity contribution in [1.82, 2.24) is 4.90 Å². The van der Waals surface area contributed by atoms with Crippen LogP contribution in [0.5, 0.6) is 0 Å². The number of piperidine rings is 2. The lowest BCUT2D eigenvalue weighted by molar-refractivity contribution is -0.915. The standard InChI is InChI=1S/C23H41N3O4/c1-17-22(28)15-20(25-12-10-24-16-25)21-13-18(9-11-26(17)21)7-5-3-2-4-6-8-19(27)14-23(29)30/h10,17-22,27-28H,2-9,11-16H2,1H3,(H,29,30). The Labute approximate surface area is 181 Å². The Morgan fingerprint density at radius 1 is 1.27 bits per heavy atom.